The van der Waals surface area contributed by atoms with E-state index in [1.807, 2.05) is 77.7 Å². The summed E-state index contributed by atoms with van der Waals surface area (Å²) in [6.07, 6.45) is 1.80. The molecule has 6 nitrogen and oxygen atoms in total. The Hall–Kier alpha value is -3.67. The average molecular weight is 418 g/mol. The highest BCUT2D eigenvalue weighted by atomic mass is 16.5. The van der Waals surface area contributed by atoms with Gasteiger partial charge in [-0.05, 0) is 55.3 Å². The second kappa shape index (κ2) is 9.43. The van der Waals surface area contributed by atoms with E-state index in [0.29, 0.717) is 18.0 Å². The Morgan fingerprint density at radius 1 is 0.903 bits per heavy atom. The van der Waals surface area contributed by atoms with E-state index < -0.39 is 0 Å². The maximum absolute atomic E-state index is 13.1. The van der Waals surface area contributed by atoms with Gasteiger partial charge in [0.1, 0.15) is 23.0 Å². The van der Waals surface area contributed by atoms with E-state index in [-0.39, 0.29) is 12.1 Å². The van der Waals surface area contributed by atoms with Crippen LogP contribution in [-0.4, -0.2) is 31.7 Å². The van der Waals surface area contributed by atoms with E-state index in [4.69, 9.17) is 14.2 Å². The maximum Gasteiger partial charge on any atom is 0.322 e. The third-order valence-corrected chi connectivity index (χ3v) is 5.37. The number of hydrogen-bond acceptors (Lipinski definition) is 4. The predicted molar refractivity (Wildman–Crippen MR) is 120 cm³/mol. The zero-order valence-electron chi connectivity index (χ0n) is 17.7. The quantitative estimate of drug-likeness (QED) is 0.544. The van der Waals surface area contributed by atoms with E-state index in [2.05, 4.69) is 5.32 Å². The van der Waals surface area contributed by atoms with Crippen LogP contribution in [0.25, 0.3) is 0 Å². The largest absolute Gasteiger partial charge is 0.497 e. The first-order valence-corrected chi connectivity index (χ1v) is 10.3. The summed E-state index contributed by atoms with van der Waals surface area (Å²) in [4.78, 5) is 15.0. The van der Waals surface area contributed by atoms with Crippen LogP contribution in [0.5, 0.6) is 23.0 Å². The van der Waals surface area contributed by atoms with E-state index in [1.165, 1.54) is 0 Å². The van der Waals surface area contributed by atoms with Crippen molar-refractivity contribution < 1.29 is 19.0 Å². The summed E-state index contributed by atoms with van der Waals surface area (Å²) < 4.78 is 16.8. The van der Waals surface area contributed by atoms with Crippen LogP contribution >= 0.6 is 0 Å². The minimum absolute atomic E-state index is 0.0752. The highest BCUT2D eigenvalue weighted by Crippen LogP contribution is 2.39. The Kier molecular flexibility index (Phi) is 6.26. The first-order chi connectivity index (χ1) is 15.2. The van der Waals surface area contributed by atoms with Gasteiger partial charge in [0.25, 0.3) is 0 Å². The molecule has 1 heterocycles. The minimum Gasteiger partial charge on any atom is -0.497 e. The van der Waals surface area contributed by atoms with Crippen molar-refractivity contribution in [3.63, 3.8) is 0 Å². The molecule has 1 N–H and O–H groups in total. The molecule has 1 atom stereocenters. The highest BCUT2D eigenvalue weighted by molar-refractivity contribution is 5.90. The van der Waals surface area contributed by atoms with E-state index in [1.54, 1.807) is 14.2 Å². The zero-order chi connectivity index (χ0) is 21.6. The molecule has 6 heteroatoms. The van der Waals surface area contributed by atoms with Gasteiger partial charge in [-0.25, -0.2) is 4.79 Å². The van der Waals surface area contributed by atoms with Gasteiger partial charge in [-0.1, -0.05) is 24.3 Å². The van der Waals surface area contributed by atoms with Crippen LogP contribution in [0.2, 0.25) is 0 Å². The molecule has 1 saturated heterocycles. The van der Waals surface area contributed by atoms with Crippen LogP contribution in [0.4, 0.5) is 10.5 Å². The number of nitrogens with zero attached hydrogens (tertiary/aromatic N) is 1. The molecule has 0 aromatic heterocycles. The van der Waals surface area contributed by atoms with Gasteiger partial charge < -0.3 is 24.4 Å². The van der Waals surface area contributed by atoms with Crippen LogP contribution in [-0.2, 0) is 0 Å². The highest BCUT2D eigenvalue weighted by Gasteiger charge is 2.32. The first-order valence-electron chi connectivity index (χ1n) is 10.3. The van der Waals surface area contributed by atoms with Gasteiger partial charge in [0, 0.05) is 23.9 Å². The van der Waals surface area contributed by atoms with Crippen molar-refractivity contribution >= 4 is 11.7 Å². The monoisotopic (exact) mass is 418 g/mol. The first kappa shape index (κ1) is 20.6. The molecule has 1 aliphatic heterocycles. The fourth-order valence-electron chi connectivity index (χ4n) is 3.89. The molecular weight excluding hydrogens is 392 g/mol. The fourth-order valence-corrected chi connectivity index (χ4v) is 3.89. The third-order valence-electron chi connectivity index (χ3n) is 5.37. The molecule has 0 aliphatic carbocycles. The molecule has 2 amide bonds. The summed E-state index contributed by atoms with van der Waals surface area (Å²) in [5, 5.41) is 3.01. The van der Waals surface area contributed by atoms with Crippen molar-refractivity contribution in [3.8, 4) is 23.0 Å². The molecule has 0 bridgehead atoms. The molecular formula is C25H26N2O4. The molecule has 3 aromatic rings. The minimum atomic E-state index is -0.149. The Morgan fingerprint density at radius 2 is 1.71 bits per heavy atom. The number of amides is 2. The number of urea groups is 1. The van der Waals surface area contributed by atoms with E-state index >= 15 is 0 Å². The van der Waals surface area contributed by atoms with Crippen molar-refractivity contribution in [1.82, 2.24) is 4.90 Å². The number of nitrogens with one attached hydrogen (secondary N) is 1. The lowest BCUT2D eigenvalue weighted by molar-refractivity contribution is 0.206. The Morgan fingerprint density at radius 3 is 2.48 bits per heavy atom. The number of carbonyl (C=O) groups is 1. The molecule has 1 aliphatic rings. The number of para-hydroxylation sites is 1. The second-order valence-corrected chi connectivity index (χ2v) is 7.33. The molecule has 1 fully saturated rings. The van der Waals surface area contributed by atoms with Crippen LogP contribution in [0.1, 0.15) is 24.4 Å². The standard InChI is InChI=1S/C25H26N2O4/c1-29-20-13-14-24(30-2)22(17-20)23-12-7-15-27(23)25(28)26-18-8-6-11-21(16-18)31-19-9-4-3-5-10-19/h3-6,8-11,13-14,16-17,23H,7,12,15H2,1-2H3,(H,26,28). The van der Waals surface area contributed by atoms with Crippen molar-refractivity contribution in [2.45, 2.75) is 18.9 Å². The average Bonchev–Trinajstić information content (AvgIpc) is 3.29. The predicted octanol–water partition coefficient (Wildman–Crippen LogP) is 5.87. The van der Waals surface area contributed by atoms with Crippen LogP contribution in [0, 0.1) is 0 Å². The number of anilines is 1. The maximum atomic E-state index is 13.1. The normalized spacial score (nSPS) is 15.4. The summed E-state index contributed by atoms with van der Waals surface area (Å²) in [6.45, 7) is 0.678. The molecule has 4 rings (SSSR count). The van der Waals surface area contributed by atoms with Gasteiger partial charge in [0.05, 0.1) is 20.3 Å². The molecule has 160 valence electrons. The summed E-state index contributed by atoms with van der Waals surface area (Å²) >= 11 is 0. The Bertz CT molecular complexity index is 1040. The third kappa shape index (κ3) is 4.74. The van der Waals surface area contributed by atoms with Crippen LogP contribution in [0.3, 0.4) is 0 Å². The van der Waals surface area contributed by atoms with Gasteiger partial charge >= 0.3 is 6.03 Å². The zero-order valence-corrected chi connectivity index (χ0v) is 17.7. The molecule has 0 spiro atoms. The number of ether oxygens (including phenoxy) is 3. The van der Waals surface area contributed by atoms with Crippen molar-refractivity contribution in [2.75, 3.05) is 26.1 Å². The van der Waals surface area contributed by atoms with Crippen molar-refractivity contribution in [2.24, 2.45) is 0 Å². The van der Waals surface area contributed by atoms with Gasteiger partial charge in [0.2, 0.25) is 0 Å². The van der Waals surface area contributed by atoms with Gasteiger partial charge in [-0.2, -0.15) is 0 Å². The number of hydrogen-bond donors (Lipinski definition) is 1. The van der Waals surface area contributed by atoms with E-state index in [0.717, 1.165) is 35.7 Å². The number of carbonyl (C=O) groups excluding carboxylic acids is 1. The molecule has 1 unspecified atom stereocenters. The Balaban J connectivity index is 1.50. The SMILES string of the molecule is COc1ccc(OC)c(C2CCCN2C(=O)Nc2cccc(Oc3ccccc3)c2)c1. The summed E-state index contributed by atoms with van der Waals surface area (Å²) in [6, 6.07) is 22.4. The molecule has 31 heavy (non-hydrogen) atoms. The van der Waals surface area contributed by atoms with Gasteiger partial charge in [-0.15, -0.1) is 0 Å². The molecule has 3 aromatic carbocycles. The van der Waals surface area contributed by atoms with E-state index in [9.17, 15) is 4.79 Å². The lowest BCUT2D eigenvalue weighted by atomic mass is 10.0. The topological polar surface area (TPSA) is 60.0 Å². The second-order valence-electron chi connectivity index (χ2n) is 7.33. The summed E-state index contributed by atoms with van der Waals surface area (Å²) in [7, 11) is 3.28. The lowest BCUT2D eigenvalue weighted by Gasteiger charge is -2.27. The number of rotatable bonds is 6. The fraction of sp³-hybridized carbons (Fsp3) is 0.240. The number of benzene rings is 3. The smallest absolute Gasteiger partial charge is 0.322 e. The number of likely N-dealkylation sites (tertiary alicyclic amines) is 1. The molecule has 0 saturated carbocycles. The Labute approximate surface area is 182 Å². The lowest BCUT2D eigenvalue weighted by Crippen LogP contribution is -2.34. The number of methoxy groups -OCH3 is 2. The van der Waals surface area contributed by atoms with Crippen LogP contribution in [0.15, 0.2) is 72.8 Å². The summed E-state index contributed by atoms with van der Waals surface area (Å²) in [5.41, 5.74) is 1.64. The van der Waals surface area contributed by atoms with Gasteiger partial charge in [-0.3, -0.25) is 0 Å². The molecule has 0 radical (unpaired) electrons. The van der Waals surface area contributed by atoms with Crippen molar-refractivity contribution in [1.29, 1.82) is 0 Å². The van der Waals surface area contributed by atoms with Gasteiger partial charge in [0.15, 0.2) is 0 Å². The van der Waals surface area contributed by atoms with Crippen molar-refractivity contribution in [3.05, 3.63) is 78.4 Å². The summed E-state index contributed by atoms with van der Waals surface area (Å²) in [5.74, 6) is 2.91. The van der Waals surface area contributed by atoms with Crippen LogP contribution < -0.4 is 19.5 Å².